The maximum Gasteiger partial charge on any atom is 0.253 e. The van der Waals surface area contributed by atoms with Crippen LogP contribution in [0, 0.1) is 27.7 Å². The average molecular weight is 429 g/mol. The maximum absolute atomic E-state index is 13.5. The summed E-state index contributed by atoms with van der Waals surface area (Å²) in [5, 5.41) is 8.70. The Kier molecular flexibility index (Phi) is 5.70. The van der Waals surface area contributed by atoms with E-state index in [1.54, 1.807) is 15.3 Å². The van der Waals surface area contributed by atoms with E-state index in [2.05, 4.69) is 5.32 Å². The summed E-state index contributed by atoms with van der Waals surface area (Å²) in [7, 11) is 0. The number of amides is 1. The Morgan fingerprint density at radius 3 is 2.25 bits per heavy atom. The molecule has 164 valence electrons. The van der Waals surface area contributed by atoms with Crippen molar-refractivity contribution in [2.45, 2.75) is 47.1 Å². The van der Waals surface area contributed by atoms with Gasteiger partial charge in [0.25, 0.3) is 5.56 Å². The van der Waals surface area contributed by atoms with Gasteiger partial charge in [0.05, 0.1) is 11.4 Å². The van der Waals surface area contributed by atoms with Gasteiger partial charge in [-0.15, -0.1) is 0 Å². The fraction of sp³-hybridized carbons (Fsp3) is 0.269. The molecule has 0 saturated carbocycles. The van der Waals surface area contributed by atoms with Crippen molar-refractivity contribution in [1.82, 2.24) is 14.3 Å². The highest BCUT2D eigenvalue weighted by Crippen LogP contribution is 2.28. The van der Waals surface area contributed by atoms with E-state index in [1.165, 1.54) is 0 Å². The van der Waals surface area contributed by atoms with Gasteiger partial charge in [-0.1, -0.05) is 43.3 Å². The van der Waals surface area contributed by atoms with Gasteiger partial charge in [-0.3, -0.25) is 14.2 Å². The number of para-hydroxylation sites is 2. The third-order valence-electron chi connectivity index (χ3n) is 5.97. The molecule has 0 aliphatic rings. The van der Waals surface area contributed by atoms with Crippen LogP contribution in [0.25, 0.3) is 16.7 Å². The molecule has 4 rings (SSSR count). The number of aromatic nitrogens is 3. The Hall–Kier alpha value is -3.67. The average Bonchev–Trinajstić information content (AvgIpc) is 3.11. The highest BCUT2D eigenvalue weighted by molar-refractivity contribution is 5.96. The van der Waals surface area contributed by atoms with Crippen molar-refractivity contribution in [2.24, 2.45) is 0 Å². The van der Waals surface area contributed by atoms with Gasteiger partial charge >= 0.3 is 0 Å². The molecule has 2 aromatic heterocycles. The molecule has 4 aromatic rings. The van der Waals surface area contributed by atoms with Crippen LogP contribution in [0.2, 0.25) is 0 Å². The van der Waals surface area contributed by atoms with Crippen LogP contribution in [0.4, 0.5) is 5.69 Å². The number of fused-ring (bicyclic) bond motifs is 1. The predicted octanol–water partition coefficient (Wildman–Crippen LogP) is 5.01. The van der Waals surface area contributed by atoms with E-state index in [0.29, 0.717) is 12.1 Å². The van der Waals surface area contributed by atoms with Crippen LogP contribution in [0.1, 0.15) is 41.8 Å². The van der Waals surface area contributed by atoms with Gasteiger partial charge in [0.2, 0.25) is 5.91 Å². The molecule has 0 fully saturated rings. The van der Waals surface area contributed by atoms with Crippen molar-refractivity contribution in [3.05, 3.63) is 87.3 Å². The standard InChI is InChI=1S/C26H28N4O2/c1-6-21(25(32)27-24-16(2)11-10-12-17(24)3)29-22(31)15-18(4)23-19(5)28-30(26(23)29)20-13-8-7-9-14-20/h7-15,21H,6H2,1-5H3,(H,27,32). The molecule has 0 radical (unpaired) electrons. The molecule has 0 bridgehead atoms. The second-order valence-corrected chi connectivity index (χ2v) is 8.25. The number of anilines is 1. The molecule has 0 saturated heterocycles. The van der Waals surface area contributed by atoms with E-state index in [1.807, 2.05) is 83.1 Å². The van der Waals surface area contributed by atoms with Crippen molar-refractivity contribution >= 4 is 22.6 Å². The van der Waals surface area contributed by atoms with E-state index in [4.69, 9.17) is 5.10 Å². The van der Waals surface area contributed by atoms with Crippen molar-refractivity contribution in [3.8, 4) is 5.69 Å². The van der Waals surface area contributed by atoms with Gasteiger partial charge in [0, 0.05) is 17.1 Å². The molecule has 0 spiro atoms. The second kappa shape index (κ2) is 8.46. The molecule has 6 heteroatoms. The SMILES string of the molecule is CCC(C(=O)Nc1c(C)cccc1C)n1c(=O)cc(C)c2c(C)nn(-c3ccccc3)c21. The van der Waals surface area contributed by atoms with Crippen LogP contribution in [0.5, 0.6) is 0 Å². The third-order valence-corrected chi connectivity index (χ3v) is 5.97. The van der Waals surface area contributed by atoms with E-state index in [-0.39, 0.29) is 11.5 Å². The molecule has 0 aliphatic carbocycles. The Labute approximate surface area is 187 Å². The summed E-state index contributed by atoms with van der Waals surface area (Å²) < 4.78 is 3.37. The first-order valence-electron chi connectivity index (χ1n) is 10.9. The topological polar surface area (TPSA) is 68.9 Å². The summed E-state index contributed by atoms with van der Waals surface area (Å²) >= 11 is 0. The van der Waals surface area contributed by atoms with Crippen LogP contribution in [0.15, 0.2) is 59.4 Å². The summed E-state index contributed by atoms with van der Waals surface area (Å²) in [5.74, 6) is -0.212. The van der Waals surface area contributed by atoms with Gasteiger partial charge in [0.1, 0.15) is 11.7 Å². The molecule has 1 unspecified atom stereocenters. The molecular weight excluding hydrogens is 400 g/mol. The van der Waals surface area contributed by atoms with Crippen molar-refractivity contribution in [3.63, 3.8) is 0 Å². The van der Waals surface area contributed by atoms with Crippen LogP contribution in [-0.4, -0.2) is 20.3 Å². The highest BCUT2D eigenvalue weighted by atomic mass is 16.2. The van der Waals surface area contributed by atoms with E-state index in [0.717, 1.165) is 39.1 Å². The van der Waals surface area contributed by atoms with Crippen LogP contribution in [0.3, 0.4) is 0 Å². The summed E-state index contributed by atoms with van der Waals surface area (Å²) in [4.78, 5) is 26.8. The zero-order valence-corrected chi connectivity index (χ0v) is 19.1. The van der Waals surface area contributed by atoms with E-state index < -0.39 is 6.04 Å². The van der Waals surface area contributed by atoms with Crippen molar-refractivity contribution in [1.29, 1.82) is 0 Å². The van der Waals surface area contributed by atoms with Gasteiger partial charge in [-0.2, -0.15) is 5.10 Å². The normalized spacial score (nSPS) is 12.2. The predicted molar refractivity (Wildman–Crippen MR) is 129 cm³/mol. The molecule has 32 heavy (non-hydrogen) atoms. The third kappa shape index (κ3) is 3.62. The lowest BCUT2D eigenvalue weighted by atomic mass is 10.1. The largest absolute Gasteiger partial charge is 0.324 e. The summed E-state index contributed by atoms with van der Waals surface area (Å²) in [6.07, 6.45) is 0.466. The lowest BCUT2D eigenvalue weighted by Gasteiger charge is -2.22. The van der Waals surface area contributed by atoms with Gasteiger partial charge in [-0.25, -0.2) is 4.68 Å². The number of hydrogen-bond donors (Lipinski definition) is 1. The van der Waals surface area contributed by atoms with Gasteiger partial charge in [0.15, 0.2) is 0 Å². The number of carbonyl (C=O) groups excluding carboxylic acids is 1. The monoisotopic (exact) mass is 428 g/mol. The van der Waals surface area contributed by atoms with E-state index >= 15 is 0 Å². The minimum Gasteiger partial charge on any atom is -0.324 e. The lowest BCUT2D eigenvalue weighted by molar-refractivity contribution is -0.119. The smallest absolute Gasteiger partial charge is 0.253 e. The molecule has 1 amide bonds. The van der Waals surface area contributed by atoms with Crippen LogP contribution < -0.4 is 10.9 Å². The number of rotatable bonds is 5. The number of benzene rings is 2. The number of hydrogen-bond acceptors (Lipinski definition) is 3. The number of nitrogens with one attached hydrogen (secondary N) is 1. The molecule has 6 nitrogen and oxygen atoms in total. The minimum absolute atomic E-state index is 0.212. The molecule has 0 aliphatic heterocycles. The molecule has 1 atom stereocenters. The summed E-state index contributed by atoms with van der Waals surface area (Å²) in [6, 6.07) is 16.5. The zero-order valence-electron chi connectivity index (χ0n) is 19.1. The summed E-state index contributed by atoms with van der Waals surface area (Å²) in [5.41, 5.74) is 5.71. The Bertz CT molecular complexity index is 1350. The van der Waals surface area contributed by atoms with Crippen molar-refractivity contribution in [2.75, 3.05) is 5.32 Å². The second-order valence-electron chi connectivity index (χ2n) is 8.25. The first-order chi connectivity index (χ1) is 15.3. The number of nitrogens with zero attached hydrogens (tertiary/aromatic N) is 3. The molecule has 2 heterocycles. The van der Waals surface area contributed by atoms with Gasteiger partial charge < -0.3 is 5.32 Å². The quantitative estimate of drug-likeness (QED) is 0.486. The number of pyridine rings is 1. The van der Waals surface area contributed by atoms with Crippen LogP contribution in [-0.2, 0) is 4.79 Å². The molecule has 1 N–H and O–H groups in total. The highest BCUT2D eigenvalue weighted by Gasteiger charge is 2.26. The maximum atomic E-state index is 13.5. The zero-order chi connectivity index (χ0) is 23.0. The number of aryl methyl sites for hydroxylation is 4. The Balaban J connectivity index is 1.92. The Morgan fingerprint density at radius 2 is 1.62 bits per heavy atom. The van der Waals surface area contributed by atoms with Crippen molar-refractivity contribution < 1.29 is 4.79 Å². The molecule has 2 aromatic carbocycles. The Morgan fingerprint density at radius 1 is 0.969 bits per heavy atom. The fourth-order valence-corrected chi connectivity index (χ4v) is 4.38. The minimum atomic E-state index is -0.678. The summed E-state index contributed by atoms with van der Waals surface area (Å²) in [6.45, 7) is 9.70. The van der Waals surface area contributed by atoms with Crippen LogP contribution >= 0.6 is 0 Å². The first kappa shape index (κ1) is 21.6. The number of carbonyl (C=O) groups is 1. The first-order valence-corrected chi connectivity index (χ1v) is 10.9. The lowest BCUT2D eigenvalue weighted by Crippen LogP contribution is -2.34. The van der Waals surface area contributed by atoms with E-state index in [9.17, 15) is 9.59 Å². The molecular formula is C26H28N4O2. The fourth-order valence-electron chi connectivity index (χ4n) is 4.38. The van der Waals surface area contributed by atoms with Gasteiger partial charge in [-0.05, 0) is 62.9 Å².